The van der Waals surface area contributed by atoms with Crippen LogP contribution in [0.5, 0.6) is 0 Å². The lowest BCUT2D eigenvalue weighted by molar-refractivity contribution is -0.161. The van der Waals surface area contributed by atoms with Crippen LogP contribution in [0.4, 0.5) is 0 Å². The summed E-state index contributed by atoms with van der Waals surface area (Å²) in [5, 5.41) is 10.6. The van der Waals surface area contributed by atoms with Crippen molar-refractivity contribution >= 4 is 39.5 Å². The molecule has 5 atom stereocenters. The van der Waals surface area contributed by atoms with Crippen LogP contribution in [0.1, 0.15) is 362 Å². The third-order valence-corrected chi connectivity index (χ3v) is 19.1. The molecule has 0 rings (SSSR count). The normalized spacial score (nSPS) is 14.3. The molecule has 0 aromatic heterocycles. The summed E-state index contributed by atoms with van der Waals surface area (Å²) in [6.45, 7) is 4.81. The first kappa shape index (κ1) is 96.5. The molecule has 100 heavy (non-hydrogen) atoms. The lowest BCUT2D eigenvalue weighted by Crippen LogP contribution is -2.30. The largest absolute Gasteiger partial charge is 0.472 e. The Bertz CT molecular complexity index is 2180. The Morgan fingerprint density at radius 3 is 0.850 bits per heavy atom. The molecule has 0 saturated heterocycles. The van der Waals surface area contributed by atoms with Crippen LogP contribution >= 0.6 is 15.6 Å². The molecule has 0 saturated carbocycles. The van der Waals surface area contributed by atoms with Gasteiger partial charge in [-0.1, -0.05) is 319 Å². The first-order valence-corrected chi connectivity index (χ1v) is 43.2. The summed E-state index contributed by atoms with van der Waals surface area (Å²) < 4.78 is 68.5. The number of rotatable bonds is 76. The maximum atomic E-state index is 13.1. The molecule has 0 amide bonds. The highest BCUT2D eigenvalue weighted by Crippen LogP contribution is 2.45. The molecular weight excluding hydrogens is 1310 g/mol. The summed E-state index contributed by atoms with van der Waals surface area (Å²) in [5.41, 5.74) is 0. The minimum Gasteiger partial charge on any atom is -0.462 e. The van der Waals surface area contributed by atoms with E-state index in [4.69, 9.17) is 37.0 Å². The molecule has 3 N–H and O–H groups in total. The van der Waals surface area contributed by atoms with E-state index >= 15 is 0 Å². The second-order valence-corrected chi connectivity index (χ2v) is 29.9. The second kappa shape index (κ2) is 73.8. The van der Waals surface area contributed by atoms with Crippen molar-refractivity contribution in [3.05, 3.63) is 72.9 Å². The Labute approximate surface area is 609 Å². The minimum absolute atomic E-state index is 0.0421. The Morgan fingerprint density at radius 1 is 0.280 bits per heavy atom. The first-order valence-electron chi connectivity index (χ1n) is 40.2. The minimum atomic E-state index is -4.98. The van der Waals surface area contributed by atoms with Gasteiger partial charge in [-0.15, -0.1) is 0 Å². The Morgan fingerprint density at radius 2 is 0.510 bits per heavy atom. The Balaban J connectivity index is 5.37. The number of aliphatic hydroxyl groups excluding tert-OH is 1. The van der Waals surface area contributed by atoms with E-state index in [1.54, 1.807) is 0 Å². The first-order chi connectivity index (χ1) is 48.7. The predicted molar refractivity (Wildman–Crippen MR) is 409 cm³/mol. The molecule has 0 heterocycles. The van der Waals surface area contributed by atoms with E-state index in [2.05, 4.69) is 88.5 Å². The van der Waals surface area contributed by atoms with E-state index in [1.807, 2.05) is 12.2 Å². The van der Waals surface area contributed by atoms with Crippen molar-refractivity contribution in [1.29, 1.82) is 0 Å². The topological polar surface area (TPSA) is 237 Å². The van der Waals surface area contributed by atoms with Gasteiger partial charge >= 0.3 is 39.5 Å². The standard InChI is InChI=1S/C81H146O17P2/c1-5-9-13-17-21-25-29-33-35-36-37-38-40-43-46-50-54-58-62-66-79(84)92-72-76(97-80(85)67-63-59-55-51-47-42-32-28-24-20-16-12-8-4)73-95-99(87,88)93-69-75(82)70-94-100(89,90)96-74-77(71-91-78(83)65-61-57-53-49-45-41-31-27-23-19-15-11-7-3)98-81(86)68-64-60-56-52-48-44-39-34-30-26-22-18-14-10-6-2/h21,25-26,30,33,35,37-38,43,46,54,58,75-77,82H,5-20,22-24,27-29,31-32,34,36,39-42,44-45,47-53,55-57,59-74H2,1-4H3,(H,87,88)(H,89,90)/b25-21-,30-26-,35-33-,38-37-,46-43-,58-54-/t75-,76-,77-/m1/s1. The highest BCUT2D eigenvalue weighted by molar-refractivity contribution is 7.47. The monoisotopic (exact) mass is 1450 g/mol. The van der Waals surface area contributed by atoms with Crippen LogP contribution in [0.25, 0.3) is 0 Å². The molecule has 0 aromatic carbocycles. The highest BCUT2D eigenvalue weighted by Gasteiger charge is 2.30. The number of phosphoric acid groups is 2. The summed E-state index contributed by atoms with van der Waals surface area (Å²) in [6.07, 6.45) is 74.6. The molecule has 0 fully saturated rings. The van der Waals surface area contributed by atoms with E-state index in [0.717, 1.165) is 122 Å². The number of ether oxygens (including phenoxy) is 4. The van der Waals surface area contributed by atoms with Crippen molar-refractivity contribution in [2.45, 2.75) is 380 Å². The number of carbonyl (C=O) groups is 4. The van der Waals surface area contributed by atoms with Crippen LogP contribution in [0.2, 0.25) is 0 Å². The molecule has 0 aliphatic rings. The number of aliphatic hydroxyl groups is 1. The SMILES string of the molecule is CCCCC/C=C\C/C=C\C/C=C\C/C=C\C/C=C\CCC(=O)OC[C@H](COP(=O)(O)OC[C@@H](O)COP(=O)(O)OC[C@@H](COC(=O)CCCCCCCCCCCCCCC)OC(=O)CCCCCCCCC/C=C\CCCCCC)OC(=O)CCCCCCCCCCCCCCC. The molecule has 0 radical (unpaired) electrons. The van der Waals surface area contributed by atoms with E-state index < -0.39 is 97.5 Å². The molecule has 0 aliphatic carbocycles. The molecule has 0 bridgehead atoms. The van der Waals surface area contributed by atoms with E-state index in [-0.39, 0.29) is 25.7 Å². The molecule has 0 aromatic rings. The van der Waals surface area contributed by atoms with E-state index in [0.29, 0.717) is 32.1 Å². The third-order valence-electron chi connectivity index (χ3n) is 17.2. The van der Waals surface area contributed by atoms with Gasteiger partial charge in [0.1, 0.15) is 19.3 Å². The van der Waals surface area contributed by atoms with Gasteiger partial charge in [-0.25, -0.2) is 9.13 Å². The van der Waals surface area contributed by atoms with Crippen LogP contribution in [0.15, 0.2) is 72.9 Å². The second-order valence-electron chi connectivity index (χ2n) is 27.0. The molecule has 17 nitrogen and oxygen atoms in total. The number of unbranched alkanes of at least 4 members (excludes halogenated alkanes) is 38. The molecular formula is C81H146O17P2. The molecule has 0 aliphatic heterocycles. The fraction of sp³-hybridized carbons (Fsp3) is 0.802. The number of esters is 4. The van der Waals surface area contributed by atoms with Gasteiger partial charge in [0.25, 0.3) is 0 Å². The summed E-state index contributed by atoms with van der Waals surface area (Å²) >= 11 is 0. The van der Waals surface area contributed by atoms with Crippen LogP contribution in [0.3, 0.4) is 0 Å². The van der Waals surface area contributed by atoms with Crippen molar-refractivity contribution in [2.75, 3.05) is 39.6 Å². The fourth-order valence-corrected chi connectivity index (χ4v) is 12.6. The maximum absolute atomic E-state index is 13.1. The summed E-state index contributed by atoms with van der Waals surface area (Å²) in [4.78, 5) is 72.9. The van der Waals surface area contributed by atoms with Crippen LogP contribution < -0.4 is 0 Å². The number of hydrogen-bond donors (Lipinski definition) is 3. The molecule has 582 valence electrons. The van der Waals surface area contributed by atoms with Crippen LogP contribution in [-0.4, -0.2) is 96.7 Å². The molecule has 2 unspecified atom stereocenters. The zero-order valence-corrected chi connectivity index (χ0v) is 65.4. The predicted octanol–water partition coefficient (Wildman–Crippen LogP) is 23.2. The average Bonchev–Trinajstić information content (AvgIpc) is 0.924. The zero-order chi connectivity index (χ0) is 73.2. The Kier molecular flexibility index (Phi) is 71.2. The fourth-order valence-electron chi connectivity index (χ4n) is 11.0. The van der Waals surface area contributed by atoms with Crippen molar-refractivity contribution in [3.63, 3.8) is 0 Å². The van der Waals surface area contributed by atoms with Gasteiger partial charge in [0, 0.05) is 25.7 Å². The van der Waals surface area contributed by atoms with Crippen molar-refractivity contribution in [2.24, 2.45) is 0 Å². The van der Waals surface area contributed by atoms with Gasteiger partial charge in [0.15, 0.2) is 12.2 Å². The van der Waals surface area contributed by atoms with Crippen molar-refractivity contribution in [3.8, 4) is 0 Å². The van der Waals surface area contributed by atoms with Gasteiger partial charge in [0.05, 0.1) is 26.4 Å². The number of allylic oxidation sites excluding steroid dienone is 12. The number of hydrogen-bond acceptors (Lipinski definition) is 15. The third kappa shape index (κ3) is 72.8. The summed E-state index contributed by atoms with van der Waals surface area (Å²) in [5.74, 6) is -2.24. The van der Waals surface area contributed by atoms with Gasteiger partial charge in [-0.2, -0.15) is 0 Å². The van der Waals surface area contributed by atoms with E-state index in [9.17, 15) is 43.2 Å². The molecule has 0 spiro atoms. The Hall–Kier alpha value is -3.50. The van der Waals surface area contributed by atoms with Gasteiger partial charge in [-0.05, 0) is 89.9 Å². The quantitative estimate of drug-likeness (QED) is 0.0169. The van der Waals surface area contributed by atoms with Crippen molar-refractivity contribution < 1.29 is 80.2 Å². The van der Waals surface area contributed by atoms with Gasteiger partial charge < -0.3 is 33.8 Å². The summed E-state index contributed by atoms with van der Waals surface area (Å²) in [6, 6.07) is 0. The maximum Gasteiger partial charge on any atom is 0.472 e. The van der Waals surface area contributed by atoms with Gasteiger partial charge in [-0.3, -0.25) is 37.3 Å². The van der Waals surface area contributed by atoms with Crippen LogP contribution in [-0.2, 0) is 65.4 Å². The lowest BCUT2D eigenvalue weighted by atomic mass is 10.0. The highest BCUT2D eigenvalue weighted by atomic mass is 31.2. The van der Waals surface area contributed by atoms with Crippen LogP contribution in [0, 0.1) is 0 Å². The lowest BCUT2D eigenvalue weighted by Gasteiger charge is -2.21. The van der Waals surface area contributed by atoms with E-state index in [1.165, 1.54) is 154 Å². The zero-order valence-electron chi connectivity index (χ0n) is 63.6. The van der Waals surface area contributed by atoms with Gasteiger partial charge in [0.2, 0.25) is 0 Å². The van der Waals surface area contributed by atoms with Crippen molar-refractivity contribution in [1.82, 2.24) is 0 Å². The number of phosphoric ester groups is 2. The number of carbonyl (C=O) groups excluding carboxylic acids is 4. The molecule has 19 heteroatoms. The summed E-state index contributed by atoms with van der Waals surface area (Å²) in [7, 11) is -9.96. The average molecular weight is 1450 g/mol. The smallest absolute Gasteiger partial charge is 0.462 e.